The van der Waals surface area contributed by atoms with E-state index in [2.05, 4.69) is 18.8 Å². The van der Waals surface area contributed by atoms with Crippen LogP contribution >= 0.6 is 0 Å². The first-order valence-electron chi connectivity index (χ1n) is 7.91. The molecule has 0 saturated carbocycles. The zero-order valence-corrected chi connectivity index (χ0v) is 13.0. The molecule has 1 aliphatic rings. The second-order valence-electron chi connectivity index (χ2n) is 6.45. The van der Waals surface area contributed by atoms with Crippen LogP contribution in [-0.4, -0.2) is 40.1 Å². The van der Waals surface area contributed by atoms with E-state index in [1.54, 1.807) is 12.4 Å². The lowest BCUT2D eigenvalue weighted by Gasteiger charge is -2.34. The number of nitrogens with zero attached hydrogens (tertiary/aromatic N) is 2. The highest BCUT2D eigenvalue weighted by atomic mass is 16.3. The van der Waals surface area contributed by atoms with Crippen molar-refractivity contribution >= 4 is 5.91 Å². The van der Waals surface area contributed by atoms with Gasteiger partial charge in [0.05, 0.1) is 12.5 Å². The van der Waals surface area contributed by atoms with Crippen LogP contribution in [0.15, 0.2) is 24.5 Å². The maximum absolute atomic E-state index is 12.3. The number of hydrogen-bond donors (Lipinski definition) is 1. The molecule has 21 heavy (non-hydrogen) atoms. The van der Waals surface area contributed by atoms with Gasteiger partial charge in [0.25, 0.3) is 0 Å². The molecule has 1 aromatic rings. The van der Waals surface area contributed by atoms with Crippen molar-refractivity contribution in [3.05, 3.63) is 30.1 Å². The van der Waals surface area contributed by atoms with Crippen molar-refractivity contribution in [2.24, 2.45) is 11.8 Å². The summed E-state index contributed by atoms with van der Waals surface area (Å²) in [5.74, 6) is 1.03. The summed E-state index contributed by atoms with van der Waals surface area (Å²) in [5.41, 5.74) is 0.962. The second kappa shape index (κ2) is 7.55. The average molecular weight is 290 g/mol. The van der Waals surface area contributed by atoms with Gasteiger partial charge in [-0.3, -0.25) is 9.78 Å². The smallest absolute Gasteiger partial charge is 0.227 e. The third-order valence-corrected chi connectivity index (χ3v) is 4.23. The number of aliphatic hydroxyl groups is 1. The summed E-state index contributed by atoms with van der Waals surface area (Å²) in [6.45, 7) is 5.80. The Morgan fingerprint density at radius 2 is 2.14 bits per heavy atom. The van der Waals surface area contributed by atoms with Crippen molar-refractivity contribution in [1.29, 1.82) is 0 Å². The molecule has 1 N–H and O–H groups in total. The van der Waals surface area contributed by atoms with Crippen LogP contribution in [0.4, 0.5) is 0 Å². The normalized spacial score (nSPS) is 18.0. The van der Waals surface area contributed by atoms with Crippen LogP contribution in [0.5, 0.6) is 0 Å². The van der Waals surface area contributed by atoms with Crippen LogP contribution < -0.4 is 0 Å². The number of aliphatic hydroxyl groups excluding tert-OH is 1. The molecule has 4 heteroatoms. The summed E-state index contributed by atoms with van der Waals surface area (Å²) < 4.78 is 0. The van der Waals surface area contributed by atoms with Crippen molar-refractivity contribution in [2.45, 2.75) is 45.6 Å². The van der Waals surface area contributed by atoms with Crippen molar-refractivity contribution in [3.8, 4) is 0 Å². The number of carbonyl (C=O) groups excluding carboxylic acids is 1. The zero-order valence-electron chi connectivity index (χ0n) is 13.0. The topological polar surface area (TPSA) is 53.4 Å². The molecule has 0 aliphatic carbocycles. The molecule has 0 radical (unpaired) electrons. The molecule has 0 bridgehead atoms. The van der Waals surface area contributed by atoms with E-state index < -0.39 is 0 Å². The van der Waals surface area contributed by atoms with Gasteiger partial charge in [0, 0.05) is 25.5 Å². The predicted molar refractivity (Wildman–Crippen MR) is 82.7 cm³/mol. The van der Waals surface area contributed by atoms with Gasteiger partial charge in [-0.15, -0.1) is 0 Å². The van der Waals surface area contributed by atoms with Crippen molar-refractivity contribution in [2.75, 3.05) is 13.1 Å². The Hall–Kier alpha value is -1.42. The lowest BCUT2D eigenvalue weighted by molar-refractivity contribution is -0.132. The molecule has 0 spiro atoms. The van der Waals surface area contributed by atoms with Crippen molar-refractivity contribution < 1.29 is 9.90 Å². The molecule has 0 aromatic carbocycles. The van der Waals surface area contributed by atoms with Gasteiger partial charge in [-0.1, -0.05) is 19.9 Å². The summed E-state index contributed by atoms with van der Waals surface area (Å²) in [4.78, 5) is 18.2. The first-order valence-corrected chi connectivity index (χ1v) is 7.91. The monoisotopic (exact) mass is 290 g/mol. The number of amides is 1. The van der Waals surface area contributed by atoms with Gasteiger partial charge in [-0.05, 0) is 42.7 Å². The van der Waals surface area contributed by atoms with Gasteiger partial charge >= 0.3 is 0 Å². The van der Waals surface area contributed by atoms with E-state index in [0.717, 1.165) is 37.9 Å². The fourth-order valence-electron chi connectivity index (χ4n) is 3.00. The first-order chi connectivity index (χ1) is 10.1. The van der Waals surface area contributed by atoms with Crippen molar-refractivity contribution in [1.82, 2.24) is 9.88 Å². The quantitative estimate of drug-likeness (QED) is 0.905. The Labute approximate surface area is 127 Å². The van der Waals surface area contributed by atoms with Gasteiger partial charge in [0.1, 0.15) is 0 Å². The van der Waals surface area contributed by atoms with Gasteiger partial charge in [-0.25, -0.2) is 0 Å². The van der Waals surface area contributed by atoms with Crippen LogP contribution in [0.25, 0.3) is 0 Å². The van der Waals surface area contributed by atoms with Crippen LogP contribution in [0.2, 0.25) is 0 Å². The predicted octanol–water partition coefficient (Wildman–Crippen LogP) is 2.27. The molecule has 4 nitrogen and oxygen atoms in total. The van der Waals surface area contributed by atoms with Gasteiger partial charge in [0.15, 0.2) is 0 Å². The molecule has 0 unspecified atom stereocenters. The maximum atomic E-state index is 12.3. The molecule has 1 atom stereocenters. The second-order valence-corrected chi connectivity index (χ2v) is 6.45. The fourth-order valence-corrected chi connectivity index (χ4v) is 3.00. The van der Waals surface area contributed by atoms with Crippen molar-refractivity contribution in [3.63, 3.8) is 0 Å². The molecular weight excluding hydrogens is 264 g/mol. The highest BCUT2D eigenvalue weighted by molar-refractivity contribution is 5.78. The SMILES string of the molecule is CC(C)C[C@@H](O)C1CCN(C(=O)Cc2cccnc2)CC1. The standard InChI is InChI=1S/C17H26N2O2/c1-13(2)10-16(20)15-5-8-19(9-6-15)17(21)11-14-4-3-7-18-12-14/h3-4,7,12-13,15-16,20H,5-6,8-11H2,1-2H3/t16-/m1/s1. The van der Waals surface area contributed by atoms with Crippen LogP contribution in [0.3, 0.4) is 0 Å². The van der Waals surface area contributed by atoms with E-state index in [4.69, 9.17) is 0 Å². The van der Waals surface area contributed by atoms with Crippen LogP contribution in [-0.2, 0) is 11.2 Å². The van der Waals surface area contributed by atoms with E-state index in [1.165, 1.54) is 0 Å². The molecule has 1 aliphatic heterocycles. The highest BCUT2D eigenvalue weighted by Crippen LogP contribution is 2.24. The number of carbonyl (C=O) groups is 1. The van der Waals surface area contributed by atoms with Gasteiger partial charge < -0.3 is 10.0 Å². The Balaban J connectivity index is 1.79. The zero-order chi connectivity index (χ0) is 15.2. The number of rotatable bonds is 5. The van der Waals surface area contributed by atoms with Crippen LogP contribution in [0.1, 0.15) is 38.7 Å². The molecule has 1 fully saturated rings. The maximum Gasteiger partial charge on any atom is 0.227 e. The number of likely N-dealkylation sites (tertiary alicyclic amines) is 1. The number of aromatic nitrogens is 1. The molecule has 2 heterocycles. The first kappa shape index (κ1) is 16.0. The van der Waals surface area contributed by atoms with E-state index in [1.807, 2.05) is 17.0 Å². The molecule has 116 valence electrons. The van der Waals surface area contributed by atoms with Gasteiger partial charge in [0.2, 0.25) is 5.91 Å². The number of piperidine rings is 1. The minimum atomic E-state index is -0.222. The van der Waals surface area contributed by atoms with Crippen LogP contribution in [0, 0.1) is 11.8 Å². The number of hydrogen-bond acceptors (Lipinski definition) is 3. The molecule has 2 rings (SSSR count). The van der Waals surface area contributed by atoms with E-state index in [-0.39, 0.29) is 12.0 Å². The summed E-state index contributed by atoms with van der Waals surface area (Å²) in [6.07, 6.45) is 6.34. The summed E-state index contributed by atoms with van der Waals surface area (Å²) >= 11 is 0. The Morgan fingerprint density at radius 1 is 1.43 bits per heavy atom. The highest BCUT2D eigenvalue weighted by Gasteiger charge is 2.27. The molecule has 1 aromatic heterocycles. The Bertz CT molecular complexity index is 439. The minimum Gasteiger partial charge on any atom is -0.393 e. The largest absolute Gasteiger partial charge is 0.393 e. The summed E-state index contributed by atoms with van der Waals surface area (Å²) in [5, 5.41) is 10.2. The lowest BCUT2D eigenvalue weighted by Crippen LogP contribution is -2.42. The summed E-state index contributed by atoms with van der Waals surface area (Å²) in [7, 11) is 0. The Kier molecular flexibility index (Phi) is 5.74. The molecule has 1 amide bonds. The van der Waals surface area contributed by atoms with E-state index in [9.17, 15) is 9.90 Å². The molecule has 1 saturated heterocycles. The van der Waals surface area contributed by atoms with E-state index in [0.29, 0.717) is 18.3 Å². The molecular formula is C17H26N2O2. The Morgan fingerprint density at radius 3 is 2.71 bits per heavy atom. The third-order valence-electron chi connectivity index (χ3n) is 4.23. The average Bonchev–Trinajstić information content (AvgIpc) is 2.47. The van der Waals surface area contributed by atoms with E-state index >= 15 is 0 Å². The summed E-state index contributed by atoms with van der Waals surface area (Å²) in [6, 6.07) is 3.79. The third kappa shape index (κ3) is 4.81. The van der Waals surface area contributed by atoms with Gasteiger partial charge in [-0.2, -0.15) is 0 Å². The lowest BCUT2D eigenvalue weighted by atomic mass is 9.87. The minimum absolute atomic E-state index is 0.166. The fraction of sp³-hybridized carbons (Fsp3) is 0.647. The number of pyridine rings is 1.